The first-order chi connectivity index (χ1) is 8.47. The molecule has 18 heavy (non-hydrogen) atoms. The van der Waals surface area contributed by atoms with Gasteiger partial charge in [0.25, 0.3) is 0 Å². The molecule has 0 saturated carbocycles. The zero-order valence-electron chi connectivity index (χ0n) is 11.1. The minimum absolute atomic E-state index is 0.0532. The second kappa shape index (κ2) is 6.87. The predicted octanol–water partition coefficient (Wildman–Crippen LogP) is 1.74. The molecule has 0 fully saturated rings. The SMILES string of the molecule is COCCC(C)C(=O)NCC(C)(O)c1ccsc1. The molecule has 5 heteroatoms. The predicted molar refractivity (Wildman–Crippen MR) is 72.6 cm³/mol. The summed E-state index contributed by atoms with van der Waals surface area (Å²) in [4.78, 5) is 11.8. The maximum absolute atomic E-state index is 11.8. The molecule has 1 rings (SSSR count). The van der Waals surface area contributed by atoms with E-state index in [9.17, 15) is 9.90 Å². The van der Waals surface area contributed by atoms with Crippen LogP contribution in [0.15, 0.2) is 16.8 Å². The highest BCUT2D eigenvalue weighted by molar-refractivity contribution is 7.08. The Hall–Kier alpha value is -0.910. The van der Waals surface area contributed by atoms with Crippen LogP contribution in [0.2, 0.25) is 0 Å². The lowest BCUT2D eigenvalue weighted by Crippen LogP contribution is -2.40. The van der Waals surface area contributed by atoms with E-state index < -0.39 is 5.60 Å². The molecule has 2 unspecified atom stereocenters. The summed E-state index contributed by atoms with van der Waals surface area (Å²) in [6.45, 7) is 4.35. The van der Waals surface area contributed by atoms with E-state index in [0.29, 0.717) is 13.0 Å². The van der Waals surface area contributed by atoms with Gasteiger partial charge in [0.1, 0.15) is 5.60 Å². The number of aliphatic hydroxyl groups is 1. The van der Waals surface area contributed by atoms with Crippen LogP contribution >= 0.6 is 11.3 Å². The van der Waals surface area contributed by atoms with Gasteiger partial charge in [0.2, 0.25) is 5.91 Å². The van der Waals surface area contributed by atoms with E-state index in [1.807, 2.05) is 23.8 Å². The lowest BCUT2D eigenvalue weighted by atomic mass is 9.98. The van der Waals surface area contributed by atoms with Crippen LogP contribution in [0.3, 0.4) is 0 Å². The Bertz CT molecular complexity index is 362. The molecule has 0 bridgehead atoms. The molecule has 0 aliphatic carbocycles. The molecular weight excluding hydrogens is 250 g/mol. The van der Waals surface area contributed by atoms with Crippen LogP contribution in [-0.4, -0.2) is 31.3 Å². The van der Waals surface area contributed by atoms with E-state index in [1.165, 1.54) is 11.3 Å². The highest BCUT2D eigenvalue weighted by atomic mass is 32.1. The monoisotopic (exact) mass is 271 g/mol. The third kappa shape index (κ3) is 4.40. The maximum Gasteiger partial charge on any atom is 0.223 e. The average molecular weight is 271 g/mol. The van der Waals surface area contributed by atoms with Crippen LogP contribution in [0, 0.1) is 5.92 Å². The zero-order chi connectivity index (χ0) is 13.6. The summed E-state index contributed by atoms with van der Waals surface area (Å²) in [7, 11) is 1.62. The highest BCUT2D eigenvalue weighted by Gasteiger charge is 2.25. The van der Waals surface area contributed by atoms with Gasteiger partial charge in [-0.05, 0) is 35.7 Å². The van der Waals surface area contributed by atoms with E-state index in [4.69, 9.17) is 4.74 Å². The van der Waals surface area contributed by atoms with Crippen molar-refractivity contribution in [3.8, 4) is 0 Å². The number of carbonyl (C=O) groups excluding carboxylic acids is 1. The Balaban J connectivity index is 2.42. The number of hydrogen-bond donors (Lipinski definition) is 2. The van der Waals surface area contributed by atoms with Crippen LogP contribution < -0.4 is 5.32 Å². The fraction of sp³-hybridized carbons (Fsp3) is 0.615. The number of ether oxygens (including phenoxy) is 1. The van der Waals surface area contributed by atoms with Crippen molar-refractivity contribution in [3.63, 3.8) is 0 Å². The van der Waals surface area contributed by atoms with Gasteiger partial charge in [-0.2, -0.15) is 11.3 Å². The van der Waals surface area contributed by atoms with Crippen LogP contribution in [0.4, 0.5) is 0 Å². The van der Waals surface area contributed by atoms with Gasteiger partial charge in [0.15, 0.2) is 0 Å². The van der Waals surface area contributed by atoms with Crippen LogP contribution in [0.1, 0.15) is 25.8 Å². The largest absolute Gasteiger partial charge is 0.385 e. The molecule has 1 aromatic heterocycles. The molecule has 4 nitrogen and oxygen atoms in total. The lowest BCUT2D eigenvalue weighted by molar-refractivity contribution is -0.126. The average Bonchev–Trinajstić information content (AvgIpc) is 2.87. The smallest absolute Gasteiger partial charge is 0.223 e. The van der Waals surface area contributed by atoms with Crippen molar-refractivity contribution >= 4 is 17.2 Å². The highest BCUT2D eigenvalue weighted by Crippen LogP contribution is 2.22. The molecule has 2 N–H and O–H groups in total. The minimum atomic E-state index is -1.02. The van der Waals surface area contributed by atoms with Crippen molar-refractivity contribution in [2.45, 2.75) is 25.9 Å². The van der Waals surface area contributed by atoms with Gasteiger partial charge in [-0.3, -0.25) is 4.79 Å². The van der Waals surface area contributed by atoms with E-state index in [1.54, 1.807) is 14.0 Å². The Morgan fingerprint density at radius 1 is 1.67 bits per heavy atom. The molecule has 1 heterocycles. The van der Waals surface area contributed by atoms with Gasteiger partial charge in [-0.15, -0.1) is 0 Å². The number of carbonyl (C=O) groups is 1. The van der Waals surface area contributed by atoms with E-state index in [-0.39, 0.29) is 18.4 Å². The Kier molecular flexibility index (Phi) is 5.78. The third-order valence-electron chi connectivity index (χ3n) is 2.95. The summed E-state index contributed by atoms with van der Waals surface area (Å²) in [6.07, 6.45) is 0.683. The molecular formula is C13H21NO3S. The van der Waals surface area contributed by atoms with Crippen molar-refractivity contribution in [3.05, 3.63) is 22.4 Å². The van der Waals surface area contributed by atoms with Gasteiger partial charge >= 0.3 is 0 Å². The number of thiophene rings is 1. The first-order valence-electron chi connectivity index (χ1n) is 5.99. The minimum Gasteiger partial charge on any atom is -0.385 e. The van der Waals surface area contributed by atoms with E-state index in [2.05, 4.69) is 5.32 Å². The zero-order valence-corrected chi connectivity index (χ0v) is 11.9. The maximum atomic E-state index is 11.8. The summed E-state index contributed by atoms with van der Waals surface area (Å²) in [6, 6.07) is 1.87. The standard InChI is InChI=1S/C13H21NO3S/c1-10(4-6-17-3)12(15)14-9-13(2,16)11-5-7-18-8-11/h5,7-8,10,16H,4,6,9H2,1-3H3,(H,14,15). The summed E-state index contributed by atoms with van der Waals surface area (Å²) >= 11 is 1.53. The summed E-state index contributed by atoms with van der Waals surface area (Å²) in [5.74, 6) is -0.161. The van der Waals surface area contributed by atoms with Gasteiger partial charge in [-0.25, -0.2) is 0 Å². The van der Waals surface area contributed by atoms with E-state index in [0.717, 1.165) is 5.56 Å². The Morgan fingerprint density at radius 3 is 2.94 bits per heavy atom. The molecule has 0 saturated heterocycles. The molecule has 0 aliphatic rings. The molecule has 1 amide bonds. The van der Waals surface area contributed by atoms with E-state index >= 15 is 0 Å². The van der Waals surface area contributed by atoms with Gasteiger partial charge in [-0.1, -0.05) is 6.92 Å². The lowest BCUT2D eigenvalue weighted by Gasteiger charge is -2.23. The number of nitrogens with one attached hydrogen (secondary N) is 1. The molecule has 0 aromatic carbocycles. The quantitative estimate of drug-likeness (QED) is 0.794. The second-order valence-corrected chi connectivity index (χ2v) is 5.47. The van der Waals surface area contributed by atoms with Gasteiger partial charge in [0, 0.05) is 19.6 Å². The third-order valence-corrected chi connectivity index (χ3v) is 3.64. The van der Waals surface area contributed by atoms with Gasteiger partial charge < -0.3 is 15.2 Å². The number of hydrogen-bond acceptors (Lipinski definition) is 4. The Morgan fingerprint density at radius 2 is 2.39 bits per heavy atom. The number of amides is 1. The normalized spacial score (nSPS) is 16.0. The molecule has 0 spiro atoms. The molecule has 1 aromatic rings. The summed E-state index contributed by atoms with van der Waals surface area (Å²) in [5.41, 5.74) is -0.186. The van der Waals surface area contributed by atoms with Crippen LogP contribution in [-0.2, 0) is 15.1 Å². The molecule has 102 valence electrons. The fourth-order valence-corrected chi connectivity index (χ4v) is 2.31. The molecule has 0 radical (unpaired) electrons. The number of rotatable bonds is 7. The number of methoxy groups -OCH3 is 1. The van der Waals surface area contributed by atoms with Crippen molar-refractivity contribution in [2.75, 3.05) is 20.3 Å². The second-order valence-electron chi connectivity index (χ2n) is 4.69. The first-order valence-corrected chi connectivity index (χ1v) is 6.93. The summed E-state index contributed by atoms with van der Waals surface area (Å²) in [5, 5.41) is 16.8. The van der Waals surface area contributed by atoms with Crippen molar-refractivity contribution in [1.82, 2.24) is 5.32 Å². The van der Waals surface area contributed by atoms with Crippen LogP contribution in [0.25, 0.3) is 0 Å². The Labute approximate surface area is 112 Å². The fourth-order valence-electron chi connectivity index (χ4n) is 1.53. The van der Waals surface area contributed by atoms with Crippen LogP contribution in [0.5, 0.6) is 0 Å². The first kappa shape index (κ1) is 15.1. The van der Waals surface area contributed by atoms with Crippen molar-refractivity contribution in [1.29, 1.82) is 0 Å². The topological polar surface area (TPSA) is 58.6 Å². The molecule has 0 aliphatic heterocycles. The molecule has 2 atom stereocenters. The van der Waals surface area contributed by atoms with Crippen molar-refractivity contribution in [2.24, 2.45) is 5.92 Å². The van der Waals surface area contributed by atoms with Crippen molar-refractivity contribution < 1.29 is 14.6 Å². The summed E-state index contributed by atoms with van der Waals surface area (Å²) < 4.78 is 4.94. The van der Waals surface area contributed by atoms with Gasteiger partial charge in [0.05, 0.1) is 6.54 Å².